The number of aromatic nitrogens is 3. The summed E-state index contributed by atoms with van der Waals surface area (Å²) in [6.45, 7) is 7.60. The van der Waals surface area contributed by atoms with Crippen molar-refractivity contribution in [2.24, 2.45) is 5.92 Å². The van der Waals surface area contributed by atoms with E-state index in [9.17, 15) is 5.11 Å². The molecule has 0 spiro atoms. The Labute approximate surface area is 161 Å². The van der Waals surface area contributed by atoms with Gasteiger partial charge >= 0.3 is 0 Å². The predicted molar refractivity (Wildman–Crippen MR) is 100 cm³/mol. The molecule has 1 aromatic heterocycles. The van der Waals surface area contributed by atoms with Gasteiger partial charge in [0.05, 0.1) is 50.3 Å². The monoisotopic (exact) mass is 379 g/mol. The average molecular weight is 380 g/mol. The third-order valence-corrected chi connectivity index (χ3v) is 6.18. The van der Waals surface area contributed by atoms with Crippen molar-refractivity contribution in [2.45, 2.75) is 70.0 Å². The Bertz CT molecular complexity index is 584. The lowest BCUT2D eigenvalue weighted by Crippen LogP contribution is -2.50. The molecule has 27 heavy (non-hydrogen) atoms. The van der Waals surface area contributed by atoms with Crippen molar-refractivity contribution in [1.82, 2.24) is 25.2 Å². The van der Waals surface area contributed by atoms with Crippen LogP contribution in [-0.4, -0.2) is 82.2 Å². The van der Waals surface area contributed by atoms with Crippen LogP contribution in [0.1, 0.15) is 38.3 Å². The van der Waals surface area contributed by atoms with Gasteiger partial charge in [-0.2, -0.15) is 0 Å². The molecule has 8 heteroatoms. The minimum absolute atomic E-state index is 0.0321. The van der Waals surface area contributed by atoms with E-state index in [0.717, 1.165) is 44.5 Å². The molecule has 152 valence electrons. The number of ether oxygens (including phenoxy) is 2. The Kier molecular flexibility index (Phi) is 6.39. The minimum Gasteiger partial charge on any atom is -0.389 e. The van der Waals surface area contributed by atoms with Gasteiger partial charge < -0.3 is 19.9 Å². The maximum absolute atomic E-state index is 10.4. The predicted octanol–water partition coefficient (Wildman–Crippen LogP) is 0.407. The van der Waals surface area contributed by atoms with E-state index in [1.165, 1.54) is 25.7 Å². The molecule has 3 fully saturated rings. The van der Waals surface area contributed by atoms with Gasteiger partial charge in [-0.25, -0.2) is 4.68 Å². The Morgan fingerprint density at radius 1 is 1.22 bits per heavy atom. The summed E-state index contributed by atoms with van der Waals surface area (Å²) in [5.41, 5.74) is 0.973. The number of rotatable bonds is 6. The second-order valence-electron chi connectivity index (χ2n) is 8.41. The Morgan fingerprint density at radius 2 is 2.00 bits per heavy atom. The number of nitrogens with one attached hydrogen (secondary N) is 1. The number of hydrogen-bond donors (Lipinski definition) is 2. The number of aliphatic hydroxyl groups excluding tert-OH is 1. The Hall–Kier alpha value is -1.06. The molecule has 1 aromatic rings. The number of aliphatic hydroxyl groups is 1. The SMILES string of the molecule is CC1CCC(N[C@@H]2[C@@H](O)CO[C@@H]2Cn2cc(CN3CCOCC3)nn2)CC1. The molecule has 3 heterocycles. The van der Waals surface area contributed by atoms with Crippen LogP contribution in [0.4, 0.5) is 0 Å². The van der Waals surface area contributed by atoms with Gasteiger partial charge in [0.15, 0.2) is 0 Å². The first-order valence-corrected chi connectivity index (χ1v) is 10.4. The molecule has 0 bridgehead atoms. The lowest BCUT2D eigenvalue weighted by Gasteiger charge is -2.32. The standard InChI is InChI=1S/C19H33N5O3/c1-14-2-4-15(5-3-14)20-19-17(25)13-27-18(19)12-24-11-16(21-22-24)10-23-6-8-26-9-7-23/h11,14-15,17-20,25H,2-10,12-13H2,1H3/t14?,15?,17-,18+,19+/m0/s1. The third kappa shape index (κ3) is 5.06. The van der Waals surface area contributed by atoms with Crippen molar-refractivity contribution < 1.29 is 14.6 Å². The fraction of sp³-hybridized carbons (Fsp3) is 0.895. The van der Waals surface area contributed by atoms with Crippen LogP contribution >= 0.6 is 0 Å². The summed E-state index contributed by atoms with van der Waals surface area (Å²) >= 11 is 0. The summed E-state index contributed by atoms with van der Waals surface area (Å²) in [6, 6.07) is 0.452. The molecular formula is C19H33N5O3. The number of hydrogen-bond acceptors (Lipinski definition) is 7. The number of nitrogens with zero attached hydrogens (tertiary/aromatic N) is 4. The second kappa shape index (κ2) is 8.96. The van der Waals surface area contributed by atoms with Crippen LogP contribution in [-0.2, 0) is 22.6 Å². The van der Waals surface area contributed by atoms with Crippen LogP contribution < -0.4 is 5.32 Å². The first kappa shape index (κ1) is 19.3. The molecule has 0 amide bonds. The summed E-state index contributed by atoms with van der Waals surface area (Å²) in [5.74, 6) is 0.823. The molecule has 2 saturated heterocycles. The molecule has 0 aromatic carbocycles. The molecule has 3 aliphatic rings. The summed E-state index contributed by atoms with van der Waals surface area (Å²) in [4.78, 5) is 2.34. The highest BCUT2D eigenvalue weighted by Gasteiger charge is 2.38. The molecule has 0 unspecified atom stereocenters. The van der Waals surface area contributed by atoms with E-state index in [4.69, 9.17) is 9.47 Å². The molecule has 0 radical (unpaired) electrons. The zero-order chi connectivity index (χ0) is 18.6. The van der Waals surface area contributed by atoms with Crippen molar-refractivity contribution in [2.75, 3.05) is 32.9 Å². The molecule has 2 N–H and O–H groups in total. The lowest BCUT2D eigenvalue weighted by molar-refractivity contribution is 0.0336. The van der Waals surface area contributed by atoms with E-state index in [1.807, 2.05) is 10.9 Å². The Morgan fingerprint density at radius 3 is 2.78 bits per heavy atom. The van der Waals surface area contributed by atoms with E-state index in [-0.39, 0.29) is 12.1 Å². The van der Waals surface area contributed by atoms with Gasteiger partial charge in [-0.15, -0.1) is 5.10 Å². The highest BCUT2D eigenvalue weighted by molar-refractivity contribution is 4.96. The van der Waals surface area contributed by atoms with Crippen molar-refractivity contribution in [1.29, 1.82) is 0 Å². The van der Waals surface area contributed by atoms with Gasteiger partial charge in [-0.3, -0.25) is 4.90 Å². The van der Waals surface area contributed by atoms with Crippen molar-refractivity contribution in [3.05, 3.63) is 11.9 Å². The van der Waals surface area contributed by atoms with Crippen molar-refractivity contribution in [3.63, 3.8) is 0 Å². The van der Waals surface area contributed by atoms with Gasteiger partial charge in [0, 0.05) is 31.9 Å². The van der Waals surface area contributed by atoms with Gasteiger partial charge in [0.1, 0.15) is 0 Å². The largest absolute Gasteiger partial charge is 0.389 e. The molecule has 1 aliphatic carbocycles. The van der Waals surface area contributed by atoms with Crippen LogP contribution in [0.5, 0.6) is 0 Å². The van der Waals surface area contributed by atoms with E-state index < -0.39 is 6.10 Å². The summed E-state index contributed by atoms with van der Waals surface area (Å²) in [6.07, 6.45) is 6.37. The summed E-state index contributed by atoms with van der Waals surface area (Å²) < 4.78 is 13.1. The average Bonchev–Trinajstić information content (AvgIpc) is 3.26. The maximum atomic E-state index is 10.4. The zero-order valence-electron chi connectivity index (χ0n) is 16.3. The number of morpholine rings is 1. The van der Waals surface area contributed by atoms with Crippen LogP contribution in [0.15, 0.2) is 6.20 Å². The van der Waals surface area contributed by atoms with Crippen LogP contribution in [0.25, 0.3) is 0 Å². The molecular weight excluding hydrogens is 346 g/mol. The summed E-state index contributed by atoms with van der Waals surface area (Å²) in [7, 11) is 0. The highest BCUT2D eigenvalue weighted by Crippen LogP contribution is 2.26. The van der Waals surface area contributed by atoms with Gasteiger partial charge in [-0.1, -0.05) is 12.1 Å². The van der Waals surface area contributed by atoms with Crippen LogP contribution in [0.2, 0.25) is 0 Å². The normalized spacial score (nSPS) is 35.6. The van der Waals surface area contributed by atoms with Gasteiger partial charge in [0.2, 0.25) is 0 Å². The second-order valence-corrected chi connectivity index (χ2v) is 8.41. The van der Waals surface area contributed by atoms with E-state index in [1.54, 1.807) is 0 Å². The highest BCUT2D eigenvalue weighted by atomic mass is 16.5. The minimum atomic E-state index is -0.453. The van der Waals surface area contributed by atoms with Crippen LogP contribution in [0.3, 0.4) is 0 Å². The quantitative estimate of drug-likeness (QED) is 0.740. The smallest absolute Gasteiger partial charge is 0.0967 e. The fourth-order valence-corrected chi connectivity index (χ4v) is 4.43. The Balaban J connectivity index is 1.31. The fourth-order valence-electron chi connectivity index (χ4n) is 4.43. The molecule has 2 aliphatic heterocycles. The van der Waals surface area contributed by atoms with E-state index >= 15 is 0 Å². The van der Waals surface area contributed by atoms with Crippen molar-refractivity contribution in [3.8, 4) is 0 Å². The van der Waals surface area contributed by atoms with E-state index in [0.29, 0.717) is 19.2 Å². The van der Waals surface area contributed by atoms with E-state index in [2.05, 4.69) is 27.5 Å². The third-order valence-electron chi connectivity index (χ3n) is 6.18. The molecule has 1 saturated carbocycles. The van der Waals surface area contributed by atoms with Gasteiger partial charge in [-0.05, 0) is 31.6 Å². The zero-order valence-corrected chi connectivity index (χ0v) is 16.3. The molecule has 4 rings (SSSR count). The lowest BCUT2D eigenvalue weighted by atomic mass is 9.86. The maximum Gasteiger partial charge on any atom is 0.0967 e. The molecule has 8 nitrogen and oxygen atoms in total. The first-order chi connectivity index (χ1) is 13.2. The van der Waals surface area contributed by atoms with Crippen molar-refractivity contribution >= 4 is 0 Å². The van der Waals surface area contributed by atoms with Gasteiger partial charge in [0.25, 0.3) is 0 Å². The summed E-state index contributed by atoms with van der Waals surface area (Å²) in [5, 5.41) is 22.7. The van der Waals surface area contributed by atoms with Crippen LogP contribution in [0, 0.1) is 5.92 Å². The first-order valence-electron chi connectivity index (χ1n) is 10.4. The molecule has 3 atom stereocenters. The topological polar surface area (TPSA) is 84.7 Å².